The maximum absolute atomic E-state index is 7.19. The summed E-state index contributed by atoms with van der Waals surface area (Å²) in [7, 11) is 0. The summed E-state index contributed by atoms with van der Waals surface area (Å²) in [5.74, 6) is 0.551. The van der Waals surface area contributed by atoms with Crippen LogP contribution in [0.15, 0.2) is 23.8 Å². The molecule has 0 spiro atoms. The number of rotatable bonds is 3. The molecule has 1 nitrogen and oxygen atoms in total. The molecule has 0 radical (unpaired) electrons. The quantitative estimate of drug-likeness (QED) is 0.473. The van der Waals surface area contributed by atoms with Gasteiger partial charge in [0, 0.05) is 5.71 Å². The van der Waals surface area contributed by atoms with E-state index in [0.717, 1.165) is 0 Å². The van der Waals surface area contributed by atoms with E-state index in [9.17, 15) is 0 Å². The molecule has 0 heterocycles. The van der Waals surface area contributed by atoms with Crippen molar-refractivity contribution in [1.29, 1.82) is 5.41 Å². The first kappa shape index (κ1) is 10.2. The molecular formula is C10H17N. The van der Waals surface area contributed by atoms with E-state index in [1.165, 1.54) is 5.57 Å². The van der Waals surface area contributed by atoms with Gasteiger partial charge in [0.05, 0.1) is 0 Å². The van der Waals surface area contributed by atoms with Crippen LogP contribution in [0.1, 0.15) is 27.7 Å². The van der Waals surface area contributed by atoms with E-state index in [4.69, 9.17) is 5.41 Å². The Kier molecular flexibility index (Phi) is 4.51. The van der Waals surface area contributed by atoms with Crippen molar-refractivity contribution >= 4 is 5.71 Å². The second-order valence-corrected chi connectivity index (χ2v) is 2.96. The second-order valence-electron chi connectivity index (χ2n) is 2.96. The molecule has 0 aliphatic rings. The molecule has 0 unspecified atom stereocenters. The van der Waals surface area contributed by atoms with Crippen molar-refractivity contribution in [3.63, 3.8) is 0 Å². The topological polar surface area (TPSA) is 23.9 Å². The SMILES string of the molecule is C/C=C(\C=C/C(C)=N)C(C)C. The molecule has 0 rings (SSSR count). The summed E-state index contributed by atoms with van der Waals surface area (Å²) >= 11 is 0. The Balaban J connectivity index is 4.22. The molecule has 0 atom stereocenters. The third-order valence-corrected chi connectivity index (χ3v) is 1.53. The summed E-state index contributed by atoms with van der Waals surface area (Å²) in [4.78, 5) is 0. The molecule has 1 N–H and O–H groups in total. The maximum Gasteiger partial charge on any atom is 0.0283 e. The van der Waals surface area contributed by atoms with Gasteiger partial charge in [0.1, 0.15) is 0 Å². The minimum atomic E-state index is 0.551. The molecule has 0 aliphatic heterocycles. The standard InChI is InChI=1S/C10H17N/c1-5-10(8(2)3)7-6-9(4)11/h5-8,11H,1-4H3/b7-6-,10-5+,11-9?. The lowest BCUT2D eigenvalue weighted by Gasteiger charge is -2.03. The molecule has 0 amide bonds. The van der Waals surface area contributed by atoms with Gasteiger partial charge in [-0.2, -0.15) is 0 Å². The number of hydrogen-bond donors (Lipinski definition) is 1. The molecule has 0 saturated heterocycles. The summed E-state index contributed by atoms with van der Waals surface area (Å²) in [6.45, 7) is 8.11. The van der Waals surface area contributed by atoms with E-state index < -0.39 is 0 Å². The average Bonchev–Trinajstić information content (AvgIpc) is 1.87. The summed E-state index contributed by atoms with van der Waals surface area (Å²) in [5, 5.41) is 7.19. The first-order valence-electron chi connectivity index (χ1n) is 3.97. The summed E-state index contributed by atoms with van der Waals surface area (Å²) in [6.07, 6.45) is 5.92. The first-order valence-corrected chi connectivity index (χ1v) is 3.97. The van der Waals surface area contributed by atoms with Gasteiger partial charge in [-0.3, -0.25) is 0 Å². The highest BCUT2D eigenvalue weighted by Gasteiger charge is 1.95. The Morgan fingerprint density at radius 1 is 1.27 bits per heavy atom. The predicted octanol–water partition coefficient (Wildman–Crippen LogP) is 3.18. The Labute approximate surface area is 69.3 Å². The fourth-order valence-electron chi connectivity index (χ4n) is 0.843. The van der Waals surface area contributed by atoms with Gasteiger partial charge in [-0.05, 0) is 31.4 Å². The average molecular weight is 151 g/mol. The van der Waals surface area contributed by atoms with E-state index in [1.807, 2.05) is 19.1 Å². The highest BCUT2D eigenvalue weighted by Crippen LogP contribution is 2.10. The Bertz CT molecular complexity index is 185. The van der Waals surface area contributed by atoms with Crippen LogP contribution in [0.5, 0.6) is 0 Å². The maximum atomic E-state index is 7.19. The highest BCUT2D eigenvalue weighted by molar-refractivity contribution is 5.90. The van der Waals surface area contributed by atoms with Crippen molar-refractivity contribution in [3.05, 3.63) is 23.8 Å². The lowest BCUT2D eigenvalue weighted by Crippen LogP contribution is -1.90. The fraction of sp³-hybridized carbons (Fsp3) is 0.500. The number of hydrogen-bond acceptors (Lipinski definition) is 1. The molecule has 0 aliphatic carbocycles. The molecule has 0 aromatic heterocycles. The Morgan fingerprint density at radius 2 is 1.82 bits per heavy atom. The van der Waals surface area contributed by atoms with Crippen molar-refractivity contribution in [2.45, 2.75) is 27.7 Å². The summed E-state index contributed by atoms with van der Waals surface area (Å²) in [5.41, 5.74) is 1.89. The van der Waals surface area contributed by atoms with Crippen molar-refractivity contribution in [1.82, 2.24) is 0 Å². The minimum Gasteiger partial charge on any atom is -0.306 e. The van der Waals surface area contributed by atoms with Crippen molar-refractivity contribution < 1.29 is 0 Å². The zero-order valence-electron chi connectivity index (χ0n) is 7.81. The van der Waals surface area contributed by atoms with Crippen molar-refractivity contribution in [2.24, 2.45) is 5.92 Å². The van der Waals surface area contributed by atoms with Crippen LogP contribution < -0.4 is 0 Å². The van der Waals surface area contributed by atoms with Crippen LogP contribution in [0.3, 0.4) is 0 Å². The van der Waals surface area contributed by atoms with E-state index in [2.05, 4.69) is 19.9 Å². The predicted molar refractivity (Wildman–Crippen MR) is 51.1 cm³/mol. The summed E-state index contributed by atoms with van der Waals surface area (Å²) in [6, 6.07) is 0. The third kappa shape index (κ3) is 4.54. The van der Waals surface area contributed by atoms with Gasteiger partial charge in [0.2, 0.25) is 0 Å². The van der Waals surface area contributed by atoms with Gasteiger partial charge < -0.3 is 5.41 Å². The first-order chi connectivity index (χ1) is 5.07. The normalized spacial score (nSPS) is 13.0. The van der Waals surface area contributed by atoms with E-state index in [-0.39, 0.29) is 0 Å². The molecule has 11 heavy (non-hydrogen) atoms. The molecule has 0 saturated carbocycles. The minimum absolute atomic E-state index is 0.551. The van der Waals surface area contributed by atoms with Crippen LogP contribution >= 0.6 is 0 Å². The second kappa shape index (κ2) is 4.89. The lowest BCUT2D eigenvalue weighted by molar-refractivity contribution is 0.790. The molecule has 0 aromatic rings. The van der Waals surface area contributed by atoms with Gasteiger partial charge in [-0.1, -0.05) is 26.0 Å². The van der Waals surface area contributed by atoms with Crippen LogP contribution in [0.2, 0.25) is 0 Å². The van der Waals surface area contributed by atoms with Crippen LogP contribution in [-0.4, -0.2) is 5.71 Å². The smallest absolute Gasteiger partial charge is 0.0283 e. The molecular weight excluding hydrogens is 134 g/mol. The van der Waals surface area contributed by atoms with Crippen LogP contribution in [0.4, 0.5) is 0 Å². The van der Waals surface area contributed by atoms with Crippen molar-refractivity contribution in [2.75, 3.05) is 0 Å². The van der Waals surface area contributed by atoms with Crippen molar-refractivity contribution in [3.8, 4) is 0 Å². The van der Waals surface area contributed by atoms with Gasteiger partial charge in [0.25, 0.3) is 0 Å². The zero-order chi connectivity index (χ0) is 8.85. The zero-order valence-corrected chi connectivity index (χ0v) is 7.81. The molecule has 0 fully saturated rings. The lowest BCUT2D eigenvalue weighted by atomic mass is 10.0. The largest absolute Gasteiger partial charge is 0.306 e. The van der Waals surface area contributed by atoms with Gasteiger partial charge in [-0.25, -0.2) is 0 Å². The Hall–Kier alpha value is -0.850. The van der Waals surface area contributed by atoms with E-state index in [1.54, 1.807) is 6.92 Å². The van der Waals surface area contributed by atoms with E-state index >= 15 is 0 Å². The van der Waals surface area contributed by atoms with Crippen LogP contribution in [-0.2, 0) is 0 Å². The van der Waals surface area contributed by atoms with Gasteiger partial charge in [-0.15, -0.1) is 0 Å². The fourth-order valence-corrected chi connectivity index (χ4v) is 0.843. The molecule has 0 aromatic carbocycles. The molecule has 0 bridgehead atoms. The van der Waals surface area contributed by atoms with Gasteiger partial charge in [0.15, 0.2) is 0 Å². The monoisotopic (exact) mass is 151 g/mol. The number of nitrogens with one attached hydrogen (secondary N) is 1. The van der Waals surface area contributed by atoms with Gasteiger partial charge >= 0.3 is 0 Å². The number of allylic oxidation sites excluding steroid dienone is 4. The van der Waals surface area contributed by atoms with Crippen LogP contribution in [0.25, 0.3) is 0 Å². The highest BCUT2D eigenvalue weighted by atomic mass is 14.4. The molecule has 1 heteroatoms. The van der Waals surface area contributed by atoms with Crippen LogP contribution in [0, 0.1) is 11.3 Å². The third-order valence-electron chi connectivity index (χ3n) is 1.53. The van der Waals surface area contributed by atoms with E-state index in [0.29, 0.717) is 11.6 Å². The Morgan fingerprint density at radius 3 is 2.09 bits per heavy atom. The summed E-state index contributed by atoms with van der Waals surface area (Å²) < 4.78 is 0. The molecule has 62 valence electrons.